The second-order valence-electron chi connectivity index (χ2n) is 6.51. The Morgan fingerprint density at radius 3 is 2.25 bits per heavy atom. The van der Waals surface area contributed by atoms with E-state index < -0.39 is 36.5 Å². The predicted molar refractivity (Wildman–Crippen MR) is 103 cm³/mol. The van der Waals surface area contributed by atoms with Crippen molar-refractivity contribution in [2.45, 2.75) is 44.6 Å². The number of halogens is 1. The van der Waals surface area contributed by atoms with Gasteiger partial charge in [0.05, 0.1) is 6.10 Å². The van der Waals surface area contributed by atoms with Gasteiger partial charge in [-0.25, -0.2) is 4.39 Å². The Morgan fingerprint density at radius 2 is 1.61 bits per heavy atom. The van der Waals surface area contributed by atoms with Gasteiger partial charge in [-0.1, -0.05) is 17.7 Å². The third kappa shape index (κ3) is 4.96. The second kappa shape index (κ2) is 8.83. The van der Waals surface area contributed by atoms with Gasteiger partial charge in [0, 0.05) is 12.2 Å². The van der Waals surface area contributed by atoms with Gasteiger partial charge in [-0.05, 0) is 50.2 Å². The summed E-state index contributed by atoms with van der Waals surface area (Å²) in [5, 5.41) is 20.7. The molecule has 0 aliphatic carbocycles. The van der Waals surface area contributed by atoms with Crippen molar-refractivity contribution in [2.75, 3.05) is 0 Å². The number of aliphatic hydroxyl groups is 2. The lowest BCUT2D eigenvalue weighted by Gasteiger charge is -2.40. The highest BCUT2D eigenvalue weighted by Gasteiger charge is 2.46. The summed E-state index contributed by atoms with van der Waals surface area (Å²) >= 11 is 5.09. The van der Waals surface area contributed by atoms with Crippen LogP contribution >= 0.6 is 12.2 Å². The number of hydrogen-bond donors (Lipinski definition) is 2. The van der Waals surface area contributed by atoms with Crippen LogP contribution in [0.5, 0.6) is 11.5 Å². The van der Waals surface area contributed by atoms with Crippen LogP contribution in [-0.4, -0.2) is 46.2 Å². The lowest BCUT2D eigenvalue weighted by molar-refractivity contribution is -0.266. The maximum atomic E-state index is 13.0. The van der Waals surface area contributed by atoms with E-state index in [9.17, 15) is 14.6 Å². The molecule has 5 atom stereocenters. The van der Waals surface area contributed by atoms with E-state index in [0.29, 0.717) is 11.5 Å². The van der Waals surface area contributed by atoms with Crippen molar-refractivity contribution in [2.24, 2.45) is 0 Å². The van der Waals surface area contributed by atoms with Crippen LogP contribution in [-0.2, 0) is 9.47 Å². The van der Waals surface area contributed by atoms with Crippen molar-refractivity contribution < 1.29 is 33.6 Å². The van der Waals surface area contributed by atoms with Crippen LogP contribution in [0.15, 0.2) is 48.5 Å². The first kappa shape index (κ1) is 20.5. The Hall–Kier alpha value is -2.26. The number of rotatable bonds is 4. The molecule has 1 saturated heterocycles. The van der Waals surface area contributed by atoms with E-state index in [0.717, 1.165) is 5.56 Å². The molecule has 2 aromatic rings. The molecule has 1 aliphatic heterocycles. The number of aryl methyl sites for hydroxylation is 1. The number of thiocarbonyl (C=S) groups is 1. The molecule has 0 unspecified atom stereocenters. The molecular weight excluding hydrogens is 387 g/mol. The molecule has 2 N–H and O–H groups in total. The van der Waals surface area contributed by atoms with Gasteiger partial charge in [-0.15, -0.1) is 0 Å². The molecule has 0 bridgehead atoms. The molecule has 0 amide bonds. The first-order valence-electron chi connectivity index (χ1n) is 8.72. The summed E-state index contributed by atoms with van der Waals surface area (Å²) in [5.41, 5.74) is 1.06. The SMILES string of the molecule is Cc1ccc(OC(=S)O[C@H]2[C@H](O)[C@H](Oc3ccc(F)cc3)O[C@@H](C)[C@H]2O)cc1. The first-order valence-corrected chi connectivity index (χ1v) is 9.13. The van der Waals surface area contributed by atoms with E-state index in [2.05, 4.69) is 0 Å². The van der Waals surface area contributed by atoms with Crippen molar-refractivity contribution in [1.82, 2.24) is 0 Å². The molecule has 1 heterocycles. The number of ether oxygens (including phenoxy) is 4. The average Bonchev–Trinajstić information content (AvgIpc) is 2.67. The van der Waals surface area contributed by atoms with Gasteiger partial charge in [-0.2, -0.15) is 0 Å². The molecule has 1 fully saturated rings. The molecule has 0 aromatic heterocycles. The molecule has 0 spiro atoms. The third-order valence-corrected chi connectivity index (χ3v) is 4.48. The van der Waals surface area contributed by atoms with Crippen LogP contribution in [0, 0.1) is 12.7 Å². The van der Waals surface area contributed by atoms with Crippen LogP contribution in [0.25, 0.3) is 0 Å². The molecular formula is C20H21FO6S. The molecule has 3 rings (SSSR count). The topological polar surface area (TPSA) is 77.4 Å². The van der Waals surface area contributed by atoms with Crippen molar-refractivity contribution >= 4 is 17.5 Å². The minimum atomic E-state index is -1.36. The van der Waals surface area contributed by atoms with E-state index >= 15 is 0 Å². The normalized spacial score (nSPS) is 27.1. The highest BCUT2D eigenvalue weighted by atomic mass is 32.1. The standard InChI is InChI=1S/C20H21FO6S/c1-11-3-7-15(8-4-11)26-20(28)27-18-16(22)12(2)24-19(17(18)23)25-14-9-5-13(21)6-10-14/h3-10,12,16-19,22-23H,1-2H3/t12-,16+,17-,18+,19-/m0/s1. The van der Waals surface area contributed by atoms with Crippen molar-refractivity contribution in [3.63, 3.8) is 0 Å². The van der Waals surface area contributed by atoms with Gasteiger partial charge < -0.3 is 29.2 Å². The Labute approximate surface area is 167 Å². The Kier molecular flexibility index (Phi) is 6.46. The van der Waals surface area contributed by atoms with Gasteiger partial charge in [0.2, 0.25) is 6.29 Å². The zero-order valence-electron chi connectivity index (χ0n) is 15.3. The summed E-state index contributed by atoms with van der Waals surface area (Å²) in [6.45, 7) is 3.55. The largest absolute Gasteiger partial charge is 0.462 e. The van der Waals surface area contributed by atoms with Gasteiger partial charge >= 0.3 is 5.24 Å². The maximum absolute atomic E-state index is 13.0. The average molecular weight is 408 g/mol. The summed E-state index contributed by atoms with van der Waals surface area (Å²) in [6.07, 6.45) is -5.51. The van der Waals surface area contributed by atoms with E-state index in [4.69, 9.17) is 31.2 Å². The van der Waals surface area contributed by atoms with Crippen molar-refractivity contribution in [1.29, 1.82) is 0 Å². The smallest absolute Gasteiger partial charge is 0.358 e. The van der Waals surface area contributed by atoms with Crippen LogP contribution in [0.3, 0.4) is 0 Å². The Balaban J connectivity index is 1.66. The van der Waals surface area contributed by atoms with Crippen LogP contribution in [0.1, 0.15) is 12.5 Å². The minimum Gasteiger partial charge on any atom is -0.462 e. The summed E-state index contributed by atoms with van der Waals surface area (Å²) < 4.78 is 35.1. The summed E-state index contributed by atoms with van der Waals surface area (Å²) in [6, 6.07) is 12.4. The zero-order chi connectivity index (χ0) is 20.3. The predicted octanol–water partition coefficient (Wildman–Crippen LogP) is 2.73. The molecule has 2 aromatic carbocycles. The van der Waals surface area contributed by atoms with Gasteiger partial charge in [0.1, 0.15) is 23.4 Å². The fourth-order valence-corrected chi connectivity index (χ4v) is 2.93. The molecule has 150 valence electrons. The molecule has 0 radical (unpaired) electrons. The lowest BCUT2D eigenvalue weighted by Crippen LogP contribution is -2.59. The quantitative estimate of drug-likeness (QED) is 0.754. The molecule has 28 heavy (non-hydrogen) atoms. The Morgan fingerprint density at radius 1 is 1.00 bits per heavy atom. The summed E-state index contributed by atoms with van der Waals surface area (Å²) in [5.74, 6) is 0.353. The fraction of sp³-hybridized carbons (Fsp3) is 0.350. The number of aliphatic hydroxyl groups excluding tert-OH is 2. The lowest BCUT2D eigenvalue weighted by atomic mass is 10.00. The fourth-order valence-electron chi connectivity index (χ4n) is 2.72. The van der Waals surface area contributed by atoms with Gasteiger partial charge in [0.25, 0.3) is 0 Å². The van der Waals surface area contributed by atoms with Crippen LogP contribution in [0.2, 0.25) is 0 Å². The van der Waals surface area contributed by atoms with E-state index in [1.807, 2.05) is 19.1 Å². The molecule has 8 heteroatoms. The molecule has 6 nitrogen and oxygen atoms in total. The summed E-state index contributed by atoms with van der Waals surface area (Å²) in [7, 11) is 0. The second-order valence-corrected chi connectivity index (χ2v) is 6.84. The van der Waals surface area contributed by atoms with Gasteiger partial charge in [-0.3, -0.25) is 0 Å². The first-order chi connectivity index (χ1) is 13.3. The molecule has 0 saturated carbocycles. The van der Waals surface area contributed by atoms with E-state index in [1.165, 1.54) is 24.3 Å². The zero-order valence-corrected chi connectivity index (χ0v) is 16.1. The summed E-state index contributed by atoms with van der Waals surface area (Å²) in [4.78, 5) is 0. The van der Waals surface area contributed by atoms with Crippen molar-refractivity contribution in [3.05, 3.63) is 59.9 Å². The highest BCUT2D eigenvalue weighted by Crippen LogP contribution is 2.27. The number of benzene rings is 2. The van der Waals surface area contributed by atoms with Crippen LogP contribution < -0.4 is 9.47 Å². The van der Waals surface area contributed by atoms with Crippen molar-refractivity contribution in [3.8, 4) is 11.5 Å². The van der Waals surface area contributed by atoms with E-state index in [1.54, 1.807) is 19.1 Å². The maximum Gasteiger partial charge on any atom is 0.358 e. The highest BCUT2D eigenvalue weighted by molar-refractivity contribution is 7.79. The number of hydrogen-bond acceptors (Lipinski definition) is 7. The minimum absolute atomic E-state index is 0.249. The Bertz CT molecular complexity index is 797. The third-order valence-electron chi connectivity index (χ3n) is 4.30. The monoisotopic (exact) mass is 408 g/mol. The van der Waals surface area contributed by atoms with E-state index in [-0.39, 0.29) is 5.24 Å². The van der Waals surface area contributed by atoms with Crippen LogP contribution in [0.4, 0.5) is 4.39 Å². The molecule has 1 aliphatic rings. The van der Waals surface area contributed by atoms with Gasteiger partial charge in [0.15, 0.2) is 12.2 Å².